The van der Waals surface area contributed by atoms with E-state index in [9.17, 15) is 9.18 Å². The number of hydrazine groups is 1. The first-order valence-electron chi connectivity index (χ1n) is 4.00. The van der Waals surface area contributed by atoms with Gasteiger partial charge in [0.05, 0.1) is 0 Å². The number of hydrogen-bond acceptors (Lipinski definition) is 2. The van der Waals surface area contributed by atoms with Crippen molar-refractivity contribution in [1.29, 1.82) is 0 Å². The van der Waals surface area contributed by atoms with Crippen molar-refractivity contribution < 1.29 is 9.18 Å². The van der Waals surface area contributed by atoms with Crippen LogP contribution < -0.4 is 11.3 Å². The van der Waals surface area contributed by atoms with Gasteiger partial charge in [0.15, 0.2) is 0 Å². The topological polar surface area (TPSA) is 70.9 Å². The monoisotopic (exact) mass is 193 g/mol. The number of nitrogens with one attached hydrogen (secondary N) is 2. The molecule has 0 bridgehead atoms. The van der Waals surface area contributed by atoms with Crippen LogP contribution in [0.2, 0.25) is 0 Å². The van der Waals surface area contributed by atoms with Crippen molar-refractivity contribution in [3.8, 4) is 0 Å². The Balaban J connectivity index is 2.56. The highest BCUT2D eigenvalue weighted by Crippen LogP contribution is 2.16. The molecule has 0 atom stereocenters. The van der Waals surface area contributed by atoms with Gasteiger partial charge in [-0.2, -0.15) is 0 Å². The summed E-state index contributed by atoms with van der Waals surface area (Å²) in [4.78, 5) is 13.9. The highest BCUT2D eigenvalue weighted by atomic mass is 19.1. The summed E-state index contributed by atoms with van der Waals surface area (Å²) in [5.41, 5.74) is 2.88. The molecule has 0 saturated heterocycles. The van der Waals surface area contributed by atoms with Gasteiger partial charge in [-0.3, -0.25) is 10.2 Å². The first-order valence-corrected chi connectivity index (χ1v) is 4.00. The number of rotatable bonds is 1. The maximum atomic E-state index is 12.8. The molecule has 5 heteroatoms. The molecule has 14 heavy (non-hydrogen) atoms. The standard InChI is InChI=1S/C9H8FN3O/c10-6-2-1-5-3-8(9(14)13-11)12-7(5)4-6/h1-4,12H,11H2,(H,13,14). The lowest BCUT2D eigenvalue weighted by Gasteiger charge is -1.92. The van der Waals surface area contributed by atoms with Gasteiger partial charge < -0.3 is 4.98 Å². The lowest BCUT2D eigenvalue weighted by molar-refractivity contribution is 0.0949. The Kier molecular flexibility index (Phi) is 1.94. The Labute approximate surface area is 78.9 Å². The van der Waals surface area contributed by atoms with Crippen LogP contribution in [-0.4, -0.2) is 10.9 Å². The number of H-pyrrole nitrogens is 1. The van der Waals surface area contributed by atoms with Gasteiger partial charge in [0, 0.05) is 10.9 Å². The third kappa shape index (κ3) is 1.33. The minimum Gasteiger partial charge on any atom is -0.350 e. The zero-order valence-electron chi connectivity index (χ0n) is 7.17. The Hall–Kier alpha value is -1.88. The third-order valence-corrected chi connectivity index (χ3v) is 1.96. The second kappa shape index (κ2) is 3.12. The fourth-order valence-electron chi connectivity index (χ4n) is 1.30. The summed E-state index contributed by atoms with van der Waals surface area (Å²) in [6.07, 6.45) is 0. The Morgan fingerprint density at radius 1 is 1.43 bits per heavy atom. The SMILES string of the molecule is NNC(=O)c1cc2ccc(F)cc2[nH]1. The summed E-state index contributed by atoms with van der Waals surface area (Å²) in [6.45, 7) is 0. The van der Waals surface area contributed by atoms with Gasteiger partial charge in [-0.1, -0.05) is 0 Å². The van der Waals surface area contributed by atoms with Gasteiger partial charge in [0.1, 0.15) is 11.5 Å². The number of carbonyl (C=O) groups excluding carboxylic acids is 1. The molecular weight excluding hydrogens is 185 g/mol. The molecular formula is C9H8FN3O. The van der Waals surface area contributed by atoms with Gasteiger partial charge >= 0.3 is 0 Å². The van der Waals surface area contributed by atoms with Crippen molar-refractivity contribution in [2.75, 3.05) is 0 Å². The van der Waals surface area contributed by atoms with Crippen LogP contribution in [0.3, 0.4) is 0 Å². The molecule has 1 aromatic heterocycles. The van der Waals surface area contributed by atoms with Crippen molar-refractivity contribution in [2.24, 2.45) is 5.84 Å². The molecule has 2 aromatic rings. The fraction of sp³-hybridized carbons (Fsp3) is 0. The summed E-state index contributed by atoms with van der Waals surface area (Å²) >= 11 is 0. The fourth-order valence-corrected chi connectivity index (χ4v) is 1.30. The lowest BCUT2D eigenvalue weighted by Crippen LogP contribution is -2.30. The van der Waals surface area contributed by atoms with Gasteiger partial charge in [-0.25, -0.2) is 10.2 Å². The van der Waals surface area contributed by atoms with Crippen LogP contribution in [0.5, 0.6) is 0 Å². The predicted molar refractivity (Wildman–Crippen MR) is 49.9 cm³/mol. The molecule has 1 heterocycles. The van der Waals surface area contributed by atoms with Gasteiger partial charge in [-0.05, 0) is 24.3 Å². The van der Waals surface area contributed by atoms with Crippen molar-refractivity contribution in [1.82, 2.24) is 10.4 Å². The zero-order chi connectivity index (χ0) is 10.1. The normalized spacial score (nSPS) is 10.4. The molecule has 0 aliphatic rings. The van der Waals surface area contributed by atoms with Crippen molar-refractivity contribution in [3.05, 3.63) is 35.8 Å². The van der Waals surface area contributed by atoms with Crippen LogP contribution in [0.25, 0.3) is 10.9 Å². The minimum atomic E-state index is -0.429. The second-order valence-electron chi connectivity index (χ2n) is 2.89. The highest BCUT2D eigenvalue weighted by molar-refractivity contribution is 5.97. The summed E-state index contributed by atoms with van der Waals surface area (Å²) in [5.74, 6) is 4.19. The summed E-state index contributed by atoms with van der Waals surface area (Å²) in [7, 11) is 0. The number of fused-ring (bicyclic) bond motifs is 1. The van der Waals surface area contributed by atoms with Crippen LogP contribution in [0.1, 0.15) is 10.5 Å². The van der Waals surface area contributed by atoms with Crippen LogP contribution in [0.15, 0.2) is 24.3 Å². The summed E-state index contributed by atoms with van der Waals surface area (Å²) in [5, 5.41) is 0.769. The molecule has 0 saturated carbocycles. The number of halogens is 1. The number of nitrogen functional groups attached to an aromatic ring is 1. The largest absolute Gasteiger partial charge is 0.350 e. The quantitative estimate of drug-likeness (QED) is 0.358. The van der Waals surface area contributed by atoms with E-state index < -0.39 is 5.91 Å². The van der Waals surface area contributed by atoms with Gasteiger partial charge in [0.2, 0.25) is 0 Å². The second-order valence-corrected chi connectivity index (χ2v) is 2.89. The molecule has 1 aromatic carbocycles. The van der Waals surface area contributed by atoms with E-state index in [1.165, 1.54) is 12.1 Å². The molecule has 0 aliphatic carbocycles. The Morgan fingerprint density at radius 3 is 2.93 bits per heavy atom. The predicted octanol–water partition coefficient (Wildman–Crippen LogP) is 0.910. The lowest BCUT2D eigenvalue weighted by atomic mass is 10.2. The van der Waals surface area contributed by atoms with Crippen LogP contribution >= 0.6 is 0 Å². The summed E-state index contributed by atoms with van der Waals surface area (Å²) < 4.78 is 12.8. The maximum absolute atomic E-state index is 12.8. The number of amides is 1. The first kappa shape index (κ1) is 8.71. The van der Waals surface area contributed by atoms with E-state index in [-0.39, 0.29) is 5.82 Å². The van der Waals surface area contributed by atoms with Crippen LogP contribution in [0.4, 0.5) is 4.39 Å². The molecule has 4 N–H and O–H groups in total. The minimum absolute atomic E-state index is 0.313. The average molecular weight is 193 g/mol. The first-order chi connectivity index (χ1) is 6.70. The molecule has 0 radical (unpaired) electrons. The number of nitrogens with two attached hydrogens (primary N) is 1. The molecule has 0 unspecified atom stereocenters. The van der Waals surface area contributed by atoms with Crippen LogP contribution in [0, 0.1) is 5.82 Å². The van der Waals surface area contributed by atoms with E-state index in [4.69, 9.17) is 5.84 Å². The summed E-state index contributed by atoms with van der Waals surface area (Å²) in [6, 6.07) is 5.86. The molecule has 0 aliphatic heterocycles. The van der Waals surface area contributed by atoms with Crippen LogP contribution in [-0.2, 0) is 0 Å². The smallest absolute Gasteiger partial charge is 0.281 e. The number of carbonyl (C=O) groups is 1. The van der Waals surface area contributed by atoms with Crippen molar-refractivity contribution in [2.45, 2.75) is 0 Å². The number of aromatic amines is 1. The van der Waals surface area contributed by atoms with E-state index in [1.807, 2.05) is 5.43 Å². The van der Waals surface area contributed by atoms with Crippen molar-refractivity contribution in [3.63, 3.8) is 0 Å². The van der Waals surface area contributed by atoms with E-state index in [0.717, 1.165) is 5.39 Å². The molecule has 72 valence electrons. The number of hydrogen-bond donors (Lipinski definition) is 3. The van der Waals surface area contributed by atoms with E-state index in [0.29, 0.717) is 11.2 Å². The maximum Gasteiger partial charge on any atom is 0.281 e. The Bertz CT molecular complexity index is 492. The Morgan fingerprint density at radius 2 is 2.21 bits per heavy atom. The van der Waals surface area contributed by atoms with E-state index in [2.05, 4.69) is 4.98 Å². The van der Waals surface area contributed by atoms with E-state index in [1.54, 1.807) is 12.1 Å². The van der Waals surface area contributed by atoms with Gasteiger partial charge in [-0.15, -0.1) is 0 Å². The molecule has 1 amide bonds. The van der Waals surface area contributed by atoms with Crippen molar-refractivity contribution >= 4 is 16.8 Å². The molecule has 2 rings (SSSR count). The average Bonchev–Trinajstić information content (AvgIpc) is 2.59. The highest BCUT2D eigenvalue weighted by Gasteiger charge is 2.07. The third-order valence-electron chi connectivity index (χ3n) is 1.96. The number of benzene rings is 1. The number of aromatic nitrogens is 1. The molecule has 4 nitrogen and oxygen atoms in total. The molecule has 0 fully saturated rings. The molecule has 0 spiro atoms. The van der Waals surface area contributed by atoms with E-state index >= 15 is 0 Å². The van der Waals surface area contributed by atoms with Gasteiger partial charge in [0.25, 0.3) is 5.91 Å². The zero-order valence-corrected chi connectivity index (χ0v) is 7.17.